The Morgan fingerprint density at radius 3 is 1.53 bits per heavy atom. The first-order chi connectivity index (χ1) is 18.0. The molecule has 38 heavy (non-hydrogen) atoms. The van der Waals surface area contributed by atoms with Crippen molar-refractivity contribution in [2.75, 3.05) is 0 Å². The first-order valence-electron chi connectivity index (χ1n) is 11.5. The van der Waals surface area contributed by atoms with Crippen molar-refractivity contribution in [2.45, 2.75) is 13.3 Å². The third-order valence-corrected chi connectivity index (χ3v) is 7.22. The van der Waals surface area contributed by atoms with Gasteiger partial charge in [0.05, 0.1) is 0 Å². The van der Waals surface area contributed by atoms with Gasteiger partial charge in [-0.15, -0.1) is 12.1 Å². The molecular formula is C31H23IrN2O2S2. The molecule has 0 amide bonds. The van der Waals surface area contributed by atoms with Gasteiger partial charge in [0, 0.05) is 21.6 Å². The Kier molecular flexibility index (Phi) is 11.1. The number of hydrogen-bond acceptors (Lipinski definition) is 6. The van der Waals surface area contributed by atoms with E-state index < -0.39 is 0 Å². The second-order valence-electron chi connectivity index (χ2n) is 7.97. The van der Waals surface area contributed by atoms with Crippen molar-refractivity contribution in [1.82, 2.24) is 9.97 Å². The van der Waals surface area contributed by atoms with Crippen LogP contribution in [0.25, 0.3) is 41.3 Å². The molecule has 0 N–H and O–H groups in total. The number of rotatable bonds is 4. The minimum absolute atomic E-state index is 0. The molecule has 0 aliphatic carbocycles. The van der Waals surface area contributed by atoms with E-state index in [4.69, 9.17) is 0 Å². The van der Waals surface area contributed by atoms with E-state index in [2.05, 4.69) is 89.7 Å². The first kappa shape index (κ1) is 29.1. The van der Waals surface area contributed by atoms with Crippen LogP contribution in [0, 0.1) is 19.1 Å². The van der Waals surface area contributed by atoms with E-state index in [0.717, 1.165) is 11.4 Å². The van der Waals surface area contributed by atoms with Gasteiger partial charge in [0.15, 0.2) is 0 Å². The van der Waals surface area contributed by atoms with Crippen molar-refractivity contribution in [1.29, 1.82) is 0 Å². The van der Waals surface area contributed by atoms with Gasteiger partial charge in [-0.25, -0.2) is 22.7 Å². The van der Waals surface area contributed by atoms with Crippen LogP contribution in [0.3, 0.4) is 0 Å². The fraction of sp³-hybridized carbons (Fsp3) is 0.0645. The van der Waals surface area contributed by atoms with Crippen LogP contribution in [0.2, 0.25) is 0 Å². The van der Waals surface area contributed by atoms with Gasteiger partial charge in [0.2, 0.25) is 0 Å². The van der Waals surface area contributed by atoms with Crippen LogP contribution in [0.15, 0.2) is 97.3 Å². The number of carbonyl (C=O) groups excluding carboxylic acids is 2. The summed E-state index contributed by atoms with van der Waals surface area (Å²) < 4.78 is 2.60. The molecule has 4 aromatic heterocycles. The molecule has 0 atom stereocenters. The molecule has 6 aromatic rings. The Morgan fingerprint density at radius 2 is 1.21 bits per heavy atom. The van der Waals surface area contributed by atoms with E-state index in [1.165, 1.54) is 36.9 Å². The van der Waals surface area contributed by atoms with Crippen molar-refractivity contribution in [3.63, 3.8) is 0 Å². The fourth-order valence-corrected chi connectivity index (χ4v) is 5.44. The SMILES string of the molecule is [CH2-]C(=O)CC(C)=O.[Ir+3].[c-]1cccnc1-c1cc2ccccc2s1.[c-]1cccnc1-c1cc2ccccc2s1. The van der Waals surface area contributed by atoms with E-state index in [9.17, 15) is 9.59 Å². The molecule has 0 aliphatic rings. The molecule has 0 spiro atoms. The summed E-state index contributed by atoms with van der Waals surface area (Å²) in [5, 5.41) is 2.55. The Labute approximate surface area is 243 Å². The molecule has 0 radical (unpaired) electrons. The average Bonchev–Trinajstić information content (AvgIpc) is 3.54. The zero-order chi connectivity index (χ0) is 26.0. The number of carbonyl (C=O) groups is 2. The number of hydrogen-bond donors (Lipinski definition) is 0. The molecule has 0 unspecified atom stereocenters. The van der Waals surface area contributed by atoms with E-state index in [1.54, 1.807) is 35.1 Å². The predicted molar refractivity (Wildman–Crippen MR) is 153 cm³/mol. The van der Waals surface area contributed by atoms with Crippen LogP contribution in [-0.4, -0.2) is 21.5 Å². The van der Waals surface area contributed by atoms with Crippen molar-refractivity contribution in [3.05, 3.63) is 116 Å². The minimum Gasteiger partial charge on any atom is -0.339 e. The summed E-state index contributed by atoms with van der Waals surface area (Å²) in [6, 6.07) is 34.9. The summed E-state index contributed by atoms with van der Waals surface area (Å²) >= 11 is 3.51. The van der Waals surface area contributed by atoms with Crippen LogP contribution >= 0.6 is 22.7 Å². The van der Waals surface area contributed by atoms with Crippen molar-refractivity contribution in [2.24, 2.45) is 0 Å². The van der Waals surface area contributed by atoms with Gasteiger partial charge in [-0.3, -0.25) is 14.8 Å². The van der Waals surface area contributed by atoms with Crippen LogP contribution < -0.4 is 0 Å². The number of ketones is 2. The average molecular weight is 712 g/mol. The summed E-state index contributed by atoms with van der Waals surface area (Å²) in [6.45, 7) is 4.38. The second kappa shape index (κ2) is 14.5. The number of fused-ring (bicyclic) bond motifs is 2. The van der Waals surface area contributed by atoms with E-state index >= 15 is 0 Å². The maximum atomic E-state index is 9.99. The Bertz CT molecular complexity index is 1430. The molecule has 190 valence electrons. The van der Waals surface area contributed by atoms with Gasteiger partial charge in [-0.1, -0.05) is 48.5 Å². The van der Waals surface area contributed by atoms with E-state index in [1.807, 2.05) is 24.3 Å². The van der Waals surface area contributed by atoms with Gasteiger partial charge in [0.1, 0.15) is 5.78 Å². The standard InChI is InChI=1S/2C13H8NS.C5H7O2.Ir/c2*1-2-7-12-10(5-1)9-13(15-12)11-6-3-4-8-14-11;1-4(6)3-5(2)7;/h2*1-5,7-9H;1,3H2,2H3;/q3*-1;+3. The number of Topliss-reactive ketones (excluding diaryl/α,β-unsaturated/α-hetero) is 2. The topological polar surface area (TPSA) is 59.9 Å². The number of benzene rings is 2. The third-order valence-electron chi connectivity index (χ3n) is 4.98. The monoisotopic (exact) mass is 712 g/mol. The predicted octanol–water partition coefficient (Wildman–Crippen LogP) is 7.89. The van der Waals surface area contributed by atoms with E-state index in [-0.39, 0.29) is 38.1 Å². The Balaban J connectivity index is 0.000000167. The summed E-state index contributed by atoms with van der Waals surface area (Å²) in [6.07, 6.45) is 3.58. The molecule has 6 rings (SSSR count). The van der Waals surface area contributed by atoms with Crippen molar-refractivity contribution < 1.29 is 29.7 Å². The summed E-state index contributed by atoms with van der Waals surface area (Å²) in [4.78, 5) is 30.9. The number of pyridine rings is 2. The van der Waals surface area contributed by atoms with Gasteiger partial charge >= 0.3 is 20.1 Å². The molecule has 0 saturated carbocycles. The molecule has 0 bridgehead atoms. The molecule has 7 heteroatoms. The molecule has 0 aliphatic heterocycles. The largest absolute Gasteiger partial charge is 3.00 e. The third kappa shape index (κ3) is 8.27. The van der Waals surface area contributed by atoms with Gasteiger partial charge in [-0.2, -0.15) is 24.3 Å². The number of thiophene rings is 2. The molecule has 4 nitrogen and oxygen atoms in total. The zero-order valence-electron chi connectivity index (χ0n) is 20.5. The molecule has 0 fully saturated rings. The van der Waals surface area contributed by atoms with Gasteiger partial charge in [-0.05, 0) is 63.4 Å². The zero-order valence-corrected chi connectivity index (χ0v) is 24.5. The van der Waals surface area contributed by atoms with Gasteiger partial charge < -0.3 is 11.7 Å². The van der Waals surface area contributed by atoms with Crippen LogP contribution in [0.1, 0.15) is 13.3 Å². The molecule has 4 heterocycles. The van der Waals surface area contributed by atoms with Crippen molar-refractivity contribution >= 4 is 54.4 Å². The van der Waals surface area contributed by atoms with E-state index in [0.29, 0.717) is 0 Å². The fourth-order valence-electron chi connectivity index (χ4n) is 3.39. The number of nitrogens with zero attached hydrogens (tertiary/aromatic N) is 2. The smallest absolute Gasteiger partial charge is 0.339 e. The Hall–Kier alpha value is -3.48. The maximum absolute atomic E-state index is 9.99. The van der Waals surface area contributed by atoms with Crippen LogP contribution in [0.4, 0.5) is 0 Å². The summed E-state index contributed by atoms with van der Waals surface area (Å²) in [5.41, 5.74) is 1.86. The minimum atomic E-state index is -0.312. The van der Waals surface area contributed by atoms with Gasteiger partial charge in [0.25, 0.3) is 0 Å². The normalized spacial score (nSPS) is 9.92. The van der Waals surface area contributed by atoms with Crippen molar-refractivity contribution in [3.8, 4) is 21.1 Å². The maximum Gasteiger partial charge on any atom is 3.00 e. The molecular weight excluding hydrogens is 689 g/mol. The van der Waals surface area contributed by atoms with Crippen LogP contribution in [0.5, 0.6) is 0 Å². The number of aromatic nitrogens is 2. The first-order valence-corrected chi connectivity index (χ1v) is 13.1. The van der Waals surface area contributed by atoms with Crippen LogP contribution in [-0.2, 0) is 29.7 Å². The summed E-state index contributed by atoms with van der Waals surface area (Å²) in [5.74, 6) is -0.437. The second-order valence-corrected chi connectivity index (χ2v) is 10.1. The summed E-state index contributed by atoms with van der Waals surface area (Å²) in [7, 11) is 0. The quantitative estimate of drug-likeness (QED) is 0.138. The molecule has 0 saturated heterocycles. The molecule has 2 aromatic carbocycles. The Morgan fingerprint density at radius 1 is 0.763 bits per heavy atom.